The molecule has 0 N–H and O–H groups in total. The van der Waals surface area contributed by atoms with Crippen LogP contribution < -0.4 is 0 Å². The molecule has 0 spiro atoms. The molecular weight excluding hydrogens is 233 g/mol. The van der Waals surface area contributed by atoms with Crippen LogP contribution in [0.4, 0.5) is 4.39 Å². The van der Waals surface area contributed by atoms with E-state index in [2.05, 4.69) is 0 Å². The quantitative estimate of drug-likeness (QED) is 0.767. The van der Waals surface area contributed by atoms with Crippen molar-refractivity contribution in [2.75, 3.05) is 19.7 Å². The normalized spacial score (nSPS) is 18.8. The maximum absolute atomic E-state index is 13.5. The lowest BCUT2D eigenvalue weighted by Gasteiger charge is -2.38. The van der Waals surface area contributed by atoms with Gasteiger partial charge in [0.1, 0.15) is 5.82 Å². The second-order valence-corrected chi connectivity index (χ2v) is 5.30. The van der Waals surface area contributed by atoms with Gasteiger partial charge in [0.15, 0.2) is 0 Å². The van der Waals surface area contributed by atoms with Crippen molar-refractivity contribution < 1.29 is 13.9 Å². The molecule has 1 aromatic rings. The number of rotatable bonds is 1. The summed E-state index contributed by atoms with van der Waals surface area (Å²) in [5.41, 5.74) is 0.613. The van der Waals surface area contributed by atoms with Crippen molar-refractivity contribution in [1.29, 1.82) is 0 Å². The highest BCUT2D eigenvalue weighted by Gasteiger charge is 2.30. The zero-order valence-electron chi connectivity index (χ0n) is 11.0. The average molecular weight is 251 g/mol. The van der Waals surface area contributed by atoms with Crippen LogP contribution in [0.25, 0.3) is 0 Å². The fraction of sp³-hybridized carbons (Fsp3) is 0.500. The molecule has 1 amide bonds. The van der Waals surface area contributed by atoms with Crippen LogP contribution >= 0.6 is 0 Å². The van der Waals surface area contributed by atoms with Crippen molar-refractivity contribution in [1.82, 2.24) is 4.90 Å². The smallest absolute Gasteiger partial charge is 0.254 e. The van der Waals surface area contributed by atoms with Crippen LogP contribution in [-0.2, 0) is 4.74 Å². The second-order valence-electron chi connectivity index (χ2n) is 5.30. The lowest BCUT2D eigenvalue weighted by Crippen LogP contribution is -2.50. The van der Waals surface area contributed by atoms with Crippen molar-refractivity contribution in [3.05, 3.63) is 35.1 Å². The number of halogens is 1. The lowest BCUT2D eigenvalue weighted by atomic mass is 10.1. The maximum Gasteiger partial charge on any atom is 0.254 e. The molecule has 1 fully saturated rings. The van der Waals surface area contributed by atoms with Crippen LogP contribution in [0, 0.1) is 12.7 Å². The van der Waals surface area contributed by atoms with Gasteiger partial charge in [-0.15, -0.1) is 0 Å². The molecule has 1 aliphatic heterocycles. The standard InChI is InChI=1S/C14H18FNO2/c1-10-4-5-11(8-12(10)15)13(17)16-6-7-18-14(2,3)9-16/h4-5,8H,6-7,9H2,1-3H3. The van der Waals surface area contributed by atoms with Crippen molar-refractivity contribution in [2.45, 2.75) is 26.4 Å². The first-order valence-corrected chi connectivity index (χ1v) is 6.08. The number of ether oxygens (including phenoxy) is 1. The highest BCUT2D eigenvalue weighted by atomic mass is 19.1. The lowest BCUT2D eigenvalue weighted by molar-refractivity contribution is -0.0764. The zero-order chi connectivity index (χ0) is 13.3. The molecule has 2 rings (SSSR count). The van der Waals surface area contributed by atoms with Crippen molar-refractivity contribution in [3.63, 3.8) is 0 Å². The predicted molar refractivity (Wildman–Crippen MR) is 67.1 cm³/mol. The third-order valence-corrected chi connectivity index (χ3v) is 3.13. The average Bonchev–Trinajstić information content (AvgIpc) is 2.30. The van der Waals surface area contributed by atoms with Crippen molar-refractivity contribution in [2.24, 2.45) is 0 Å². The van der Waals surface area contributed by atoms with E-state index >= 15 is 0 Å². The SMILES string of the molecule is Cc1ccc(C(=O)N2CCOC(C)(C)C2)cc1F. The Balaban J connectivity index is 2.18. The Morgan fingerprint density at radius 1 is 1.44 bits per heavy atom. The Labute approximate surface area is 107 Å². The van der Waals surface area contributed by atoms with Crippen molar-refractivity contribution in [3.8, 4) is 0 Å². The predicted octanol–water partition coefficient (Wildman–Crippen LogP) is 2.39. The molecule has 98 valence electrons. The third kappa shape index (κ3) is 2.70. The summed E-state index contributed by atoms with van der Waals surface area (Å²) in [5.74, 6) is -0.473. The molecule has 0 bridgehead atoms. The van der Waals surface area contributed by atoms with Crippen LogP contribution in [0.2, 0.25) is 0 Å². The number of carbonyl (C=O) groups excluding carboxylic acids is 1. The van der Waals surface area contributed by atoms with Crippen molar-refractivity contribution >= 4 is 5.91 Å². The summed E-state index contributed by atoms with van der Waals surface area (Å²) in [6, 6.07) is 4.61. The van der Waals surface area contributed by atoms with Gasteiger partial charge in [-0.3, -0.25) is 4.79 Å². The number of aryl methyl sites for hydroxylation is 1. The zero-order valence-corrected chi connectivity index (χ0v) is 11.0. The molecule has 0 radical (unpaired) electrons. The van der Waals surface area contributed by atoms with E-state index < -0.39 is 0 Å². The summed E-state index contributed by atoms with van der Waals surface area (Å²) >= 11 is 0. The fourth-order valence-corrected chi connectivity index (χ4v) is 2.10. The Bertz CT molecular complexity index is 471. The van der Waals surface area contributed by atoms with Gasteiger partial charge in [0.25, 0.3) is 5.91 Å². The first-order chi connectivity index (χ1) is 8.39. The summed E-state index contributed by atoms with van der Waals surface area (Å²) in [5, 5.41) is 0. The molecule has 0 aliphatic carbocycles. The monoisotopic (exact) mass is 251 g/mol. The maximum atomic E-state index is 13.5. The largest absolute Gasteiger partial charge is 0.372 e. The Hall–Kier alpha value is -1.42. The van der Waals surface area contributed by atoms with Crippen LogP contribution in [0.15, 0.2) is 18.2 Å². The Kier molecular flexibility index (Phi) is 3.39. The van der Waals surface area contributed by atoms with Gasteiger partial charge in [0.2, 0.25) is 0 Å². The Morgan fingerprint density at radius 3 is 2.78 bits per heavy atom. The van der Waals surface area contributed by atoms with Crippen LogP contribution in [0.3, 0.4) is 0 Å². The first-order valence-electron chi connectivity index (χ1n) is 6.08. The van der Waals surface area contributed by atoms with E-state index in [1.165, 1.54) is 6.07 Å². The number of amides is 1. The van der Waals surface area contributed by atoms with E-state index in [0.29, 0.717) is 30.8 Å². The van der Waals surface area contributed by atoms with Gasteiger partial charge in [0, 0.05) is 18.7 Å². The molecule has 0 aromatic heterocycles. The van der Waals surface area contributed by atoms with Crippen LogP contribution in [0.5, 0.6) is 0 Å². The Morgan fingerprint density at radius 2 is 2.17 bits per heavy atom. The van der Waals surface area contributed by atoms with Gasteiger partial charge < -0.3 is 9.64 Å². The minimum Gasteiger partial charge on any atom is -0.372 e. The van der Waals surface area contributed by atoms with Gasteiger partial charge in [-0.05, 0) is 38.5 Å². The van der Waals surface area contributed by atoms with E-state index in [-0.39, 0.29) is 17.3 Å². The van der Waals surface area contributed by atoms with Crippen LogP contribution in [0.1, 0.15) is 29.8 Å². The molecule has 1 aromatic carbocycles. The minimum atomic E-state index is -0.339. The van der Waals surface area contributed by atoms with Gasteiger partial charge in [0.05, 0.1) is 12.2 Å². The van der Waals surface area contributed by atoms with Gasteiger partial charge in [-0.25, -0.2) is 4.39 Å². The van der Waals surface area contributed by atoms with E-state index in [0.717, 1.165) is 0 Å². The summed E-state index contributed by atoms with van der Waals surface area (Å²) in [7, 11) is 0. The minimum absolute atomic E-state index is 0.134. The summed E-state index contributed by atoms with van der Waals surface area (Å²) in [6.45, 7) is 7.18. The second kappa shape index (κ2) is 4.69. The number of benzene rings is 1. The molecule has 0 unspecified atom stereocenters. The molecule has 0 atom stereocenters. The summed E-state index contributed by atoms with van der Waals surface area (Å²) < 4.78 is 19.0. The highest BCUT2D eigenvalue weighted by Crippen LogP contribution is 2.19. The number of carbonyl (C=O) groups is 1. The van der Waals surface area contributed by atoms with E-state index in [1.807, 2.05) is 13.8 Å². The molecule has 3 nitrogen and oxygen atoms in total. The molecule has 1 aliphatic rings. The van der Waals surface area contributed by atoms with E-state index in [9.17, 15) is 9.18 Å². The molecule has 18 heavy (non-hydrogen) atoms. The first kappa shape index (κ1) is 13.0. The topological polar surface area (TPSA) is 29.5 Å². The van der Waals surface area contributed by atoms with E-state index in [1.54, 1.807) is 24.0 Å². The molecule has 0 saturated carbocycles. The third-order valence-electron chi connectivity index (χ3n) is 3.13. The fourth-order valence-electron chi connectivity index (χ4n) is 2.10. The summed E-state index contributed by atoms with van der Waals surface area (Å²) in [4.78, 5) is 14.0. The van der Waals surface area contributed by atoms with Gasteiger partial charge in [-0.1, -0.05) is 6.07 Å². The molecular formula is C14H18FNO2. The molecule has 4 heteroatoms. The number of nitrogens with zero attached hydrogens (tertiary/aromatic N) is 1. The van der Waals surface area contributed by atoms with Crippen LogP contribution in [-0.4, -0.2) is 36.1 Å². The highest BCUT2D eigenvalue weighted by molar-refractivity contribution is 5.94. The number of morpholine rings is 1. The number of hydrogen-bond acceptors (Lipinski definition) is 2. The number of hydrogen-bond donors (Lipinski definition) is 0. The molecule has 1 saturated heterocycles. The van der Waals surface area contributed by atoms with Gasteiger partial charge in [-0.2, -0.15) is 0 Å². The molecule has 1 heterocycles. The van der Waals surface area contributed by atoms with Gasteiger partial charge >= 0.3 is 0 Å². The van der Waals surface area contributed by atoms with E-state index in [4.69, 9.17) is 4.74 Å². The summed E-state index contributed by atoms with van der Waals surface area (Å²) in [6.07, 6.45) is 0.